The summed E-state index contributed by atoms with van der Waals surface area (Å²) in [5.74, 6) is 1.81. The van der Waals surface area contributed by atoms with Gasteiger partial charge >= 0.3 is 0 Å². The van der Waals surface area contributed by atoms with Crippen LogP contribution in [-0.4, -0.2) is 28.8 Å². The standard InChI is InChI=1S/C14H24N4S/c1-7-15-9-8-10(18-12(17-9)19-6)16-11-13(2,3)14(11,4)5/h8,11H,7H2,1-6H3,(H2,15,16,17,18). The van der Waals surface area contributed by atoms with E-state index in [4.69, 9.17) is 0 Å². The molecule has 4 nitrogen and oxygen atoms in total. The molecular formula is C14H24N4S. The Balaban J connectivity index is 2.19. The van der Waals surface area contributed by atoms with E-state index in [0.29, 0.717) is 16.9 Å². The molecular weight excluding hydrogens is 256 g/mol. The Morgan fingerprint density at radius 1 is 1.16 bits per heavy atom. The highest BCUT2D eigenvalue weighted by Crippen LogP contribution is 2.63. The van der Waals surface area contributed by atoms with Gasteiger partial charge in [0.2, 0.25) is 0 Å². The van der Waals surface area contributed by atoms with Gasteiger partial charge in [0.15, 0.2) is 5.16 Å². The van der Waals surface area contributed by atoms with Gasteiger partial charge in [-0.05, 0) is 24.0 Å². The second-order valence-corrected chi connectivity index (χ2v) is 6.95. The summed E-state index contributed by atoms with van der Waals surface area (Å²) in [6.45, 7) is 12.1. The summed E-state index contributed by atoms with van der Waals surface area (Å²) in [5.41, 5.74) is 0.603. The number of nitrogens with one attached hydrogen (secondary N) is 2. The molecule has 0 atom stereocenters. The van der Waals surface area contributed by atoms with Crippen molar-refractivity contribution < 1.29 is 0 Å². The van der Waals surface area contributed by atoms with Crippen LogP contribution in [0.2, 0.25) is 0 Å². The molecule has 1 aromatic heterocycles. The fourth-order valence-electron chi connectivity index (χ4n) is 2.57. The van der Waals surface area contributed by atoms with Crippen LogP contribution in [0.4, 0.5) is 11.6 Å². The molecule has 0 bridgehead atoms. The first kappa shape index (κ1) is 14.4. The molecule has 2 rings (SSSR count). The number of aromatic nitrogens is 2. The highest BCUT2D eigenvalue weighted by atomic mass is 32.2. The molecule has 0 aliphatic heterocycles. The lowest BCUT2D eigenvalue weighted by molar-refractivity contribution is 0.457. The van der Waals surface area contributed by atoms with Gasteiger partial charge in [-0.3, -0.25) is 0 Å². The van der Waals surface area contributed by atoms with E-state index in [1.165, 1.54) is 0 Å². The van der Waals surface area contributed by atoms with Crippen LogP contribution in [0.1, 0.15) is 34.6 Å². The molecule has 1 fully saturated rings. The van der Waals surface area contributed by atoms with Crippen molar-refractivity contribution in [2.24, 2.45) is 10.8 Å². The van der Waals surface area contributed by atoms with Gasteiger partial charge in [0.25, 0.3) is 0 Å². The lowest BCUT2D eigenvalue weighted by Gasteiger charge is -2.11. The summed E-state index contributed by atoms with van der Waals surface area (Å²) in [7, 11) is 0. The molecule has 2 N–H and O–H groups in total. The number of rotatable bonds is 5. The summed E-state index contributed by atoms with van der Waals surface area (Å²) < 4.78 is 0. The molecule has 0 spiro atoms. The molecule has 0 radical (unpaired) electrons. The van der Waals surface area contributed by atoms with Crippen LogP contribution in [0.15, 0.2) is 11.2 Å². The van der Waals surface area contributed by atoms with E-state index in [1.807, 2.05) is 12.3 Å². The third-order valence-electron chi connectivity index (χ3n) is 4.56. The third-order valence-corrected chi connectivity index (χ3v) is 5.11. The van der Waals surface area contributed by atoms with Crippen LogP contribution in [-0.2, 0) is 0 Å². The Morgan fingerprint density at radius 2 is 1.74 bits per heavy atom. The molecule has 106 valence electrons. The number of thioether (sulfide) groups is 1. The van der Waals surface area contributed by atoms with Crippen molar-refractivity contribution in [3.05, 3.63) is 6.07 Å². The predicted octanol–water partition coefficient (Wildman–Crippen LogP) is 3.48. The zero-order valence-electron chi connectivity index (χ0n) is 12.7. The van der Waals surface area contributed by atoms with Gasteiger partial charge in [0, 0.05) is 18.7 Å². The summed E-state index contributed by atoms with van der Waals surface area (Å²) >= 11 is 1.57. The third kappa shape index (κ3) is 2.53. The smallest absolute Gasteiger partial charge is 0.191 e. The van der Waals surface area contributed by atoms with Crippen molar-refractivity contribution in [2.75, 3.05) is 23.4 Å². The molecule has 1 saturated carbocycles. The van der Waals surface area contributed by atoms with Gasteiger partial charge in [-0.15, -0.1) is 0 Å². The molecule has 19 heavy (non-hydrogen) atoms. The number of anilines is 2. The van der Waals surface area contributed by atoms with Crippen molar-refractivity contribution in [3.8, 4) is 0 Å². The highest BCUT2D eigenvalue weighted by Gasteiger charge is 2.65. The van der Waals surface area contributed by atoms with E-state index in [1.54, 1.807) is 11.8 Å². The zero-order valence-corrected chi connectivity index (χ0v) is 13.5. The van der Waals surface area contributed by atoms with Crippen LogP contribution < -0.4 is 10.6 Å². The highest BCUT2D eigenvalue weighted by molar-refractivity contribution is 7.98. The van der Waals surface area contributed by atoms with E-state index in [9.17, 15) is 0 Å². The summed E-state index contributed by atoms with van der Waals surface area (Å²) in [6, 6.07) is 2.45. The summed E-state index contributed by atoms with van der Waals surface area (Å²) in [6.07, 6.45) is 2.00. The van der Waals surface area contributed by atoms with E-state index in [0.717, 1.165) is 23.3 Å². The van der Waals surface area contributed by atoms with Crippen molar-refractivity contribution in [1.29, 1.82) is 0 Å². The normalized spacial score (nSPS) is 20.1. The number of hydrogen-bond donors (Lipinski definition) is 2. The first-order valence-corrected chi connectivity index (χ1v) is 7.99. The average Bonchev–Trinajstić information content (AvgIpc) is 2.72. The lowest BCUT2D eigenvalue weighted by atomic mass is 10.0. The van der Waals surface area contributed by atoms with Crippen molar-refractivity contribution >= 4 is 23.4 Å². The van der Waals surface area contributed by atoms with Gasteiger partial charge in [-0.25, -0.2) is 9.97 Å². The van der Waals surface area contributed by atoms with Gasteiger partial charge in [0.05, 0.1) is 0 Å². The molecule has 1 aromatic rings. The Labute approximate surface area is 120 Å². The van der Waals surface area contributed by atoms with Crippen LogP contribution in [0.5, 0.6) is 0 Å². The summed E-state index contributed by atoms with van der Waals surface area (Å²) in [5, 5.41) is 7.62. The quantitative estimate of drug-likeness (QED) is 0.639. The minimum absolute atomic E-state index is 0.301. The predicted molar refractivity (Wildman–Crippen MR) is 82.9 cm³/mol. The molecule has 0 aromatic carbocycles. The number of hydrogen-bond acceptors (Lipinski definition) is 5. The summed E-state index contributed by atoms with van der Waals surface area (Å²) in [4.78, 5) is 8.99. The van der Waals surface area contributed by atoms with E-state index >= 15 is 0 Å². The van der Waals surface area contributed by atoms with E-state index in [2.05, 4.69) is 55.2 Å². The van der Waals surface area contributed by atoms with Crippen molar-refractivity contribution in [1.82, 2.24) is 9.97 Å². The van der Waals surface area contributed by atoms with Crippen molar-refractivity contribution in [3.63, 3.8) is 0 Å². The fourth-order valence-corrected chi connectivity index (χ4v) is 2.95. The Hall–Kier alpha value is -0.970. The van der Waals surface area contributed by atoms with Crippen LogP contribution in [0, 0.1) is 10.8 Å². The minimum Gasteiger partial charge on any atom is -0.370 e. The molecule has 0 saturated heterocycles. The first-order valence-electron chi connectivity index (χ1n) is 6.76. The average molecular weight is 280 g/mol. The molecule has 0 unspecified atom stereocenters. The van der Waals surface area contributed by atoms with E-state index < -0.39 is 0 Å². The van der Waals surface area contributed by atoms with Gasteiger partial charge in [-0.2, -0.15) is 0 Å². The molecule has 1 heterocycles. The van der Waals surface area contributed by atoms with E-state index in [-0.39, 0.29) is 0 Å². The van der Waals surface area contributed by atoms with Gasteiger partial charge in [0.1, 0.15) is 11.6 Å². The van der Waals surface area contributed by atoms with Crippen LogP contribution >= 0.6 is 11.8 Å². The first-order chi connectivity index (χ1) is 8.82. The maximum atomic E-state index is 4.55. The molecule has 5 heteroatoms. The lowest BCUT2D eigenvalue weighted by Crippen LogP contribution is -2.12. The maximum Gasteiger partial charge on any atom is 0.191 e. The fraction of sp³-hybridized carbons (Fsp3) is 0.714. The Kier molecular flexibility index (Phi) is 3.69. The van der Waals surface area contributed by atoms with Crippen molar-refractivity contribution in [2.45, 2.75) is 45.8 Å². The molecule has 1 aliphatic rings. The maximum absolute atomic E-state index is 4.55. The zero-order chi connectivity index (χ0) is 14.3. The van der Waals surface area contributed by atoms with Gasteiger partial charge in [-0.1, -0.05) is 39.5 Å². The second kappa shape index (κ2) is 4.85. The Bertz CT molecular complexity index is 457. The van der Waals surface area contributed by atoms with Crippen LogP contribution in [0.3, 0.4) is 0 Å². The SMILES string of the molecule is CCNc1cc(NC2C(C)(C)C2(C)C)nc(SC)n1. The molecule has 0 amide bonds. The molecule has 1 aliphatic carbocycles. The topological polar surface area (TPSA) is 49.8 Å². The monoisotopic (exact) mass is 280 g/mol. The van der Waals surface area contributed by atoms with Crippen LogP contribution in [0.25, 0.3) is 0 Å². The second-order valence-electron chi connectivity index (χ2n) is 6.18. The number of nitrogens with zero attached hydrogens (tertiary/aromatic N) is 2. The largest absolute Gasteiger partial charge is 0.370 e. The Morgan fingerprint density at radius 3 is 2.21 bits per heavy atom. The van der Waals surface area contributed by atoms with Gasteiger partial charge < -0.3 is 10.6 Å². The minimum atomic E-state index is 0.301.